The Morgan fingerprint density at radius 1 is 1.04 bits per heavy atom. The molecular weight excluding hydrogens is 282 g/mol. The molecule has 2 rings (SSSR count). The van der Waals surface area contributed by atoms with Crippen molar-refractivity contribution in [1.29, 1.82) is 0 Å². The van der Waals surface area contributed by atoms with Crippen LogP contribution in [0, 0.1) is 0 Å². The van der Waals surface area contributed by atoms with Crippen LogP contribution in [0.2, 0.25) is 0 Å². The van der Waals surface area contributed by atoms with Gasteiger partial charge in [-0.1, -0.05) is 52.0 Å². The fourth-order valence-corrected chi connectivity index (χ4v) is 3.07. The lowest BCUT2D eigenvalue weighted by molar-refractivity contribution is 0.435. The first-order valence-electron chi connectivity index (χ1n) is 8.75. The van der Waals surface area contributed by atoms with Crippen LogP contribution in [-0.2, 0) is 0 Å². The van der Waals surface area contributed by atoms with Crippen molar-refractivity contribution >= 4 is 11.4 Å². The fourth-order valence-electron chi connectivity index (χ4n) is 3.07. The highest BCUT2D eigenvalue weighted by Crippen LogP contribution is 2.34. The second-order valence-corrected chi connectivity index (χ2v) is 7.15. The zero-order chi connectivity index (χ0) is 17.0. The zero-order valence-electron chi connectivity index (χ0n) is 15.5. The van der Waals surface area contributed by atoms with Crippen LogP contribution in [0.5, 0.6) is 0 Å². The Bertz CT molecular complexity index is 569. The lowest BCUT2D eigenvalue weighted by atomic mass is 9.92. The molecule has 0 aromatic heterocycles. The monoisotopic (exact) mass is 313 g/mol. The Morgan fingerprint density at radius 2 is 1.65 bits per heavy atom. The van der Waals surface area contributed by atoms with Gasteiger partial charge in [0.1, 0.15) is 0 Å². The van der Waals surface area contributed by atoms with Crippen molar-refractivity contribution in [3.05, 3.63) is 41.1 Å². The molecule has 0 atom stereocenters. The van der Waals surface area contributed by atoms with E-state index in [-0.39, 0.29) is 0 Å². The molecule has 23 heavy (non-hydrogen) atoms. The number of nitrogens with zero attached hydrogens (tertiary/aromatic N) is 2. The van der Waals surface area contributed by atoms with Gasteiger partial charge in [-0.2, -0.15) is 5.10 Å². The lowest BCUT2D eigenvalue weighted by Gasteiger charge is -2.25. The summed E-state index contributed by atoms with van der Waals surface area (Å²) < 4.78 is 0. The van der Waals surface area contributed by atoms with E-state index in [1.54, 1.807) is 0 Å². The maximum absolute atomic E-state index is 4.68. The first-order chi connectivity index (χ1) is 10.9. The molecule has 126 valence electrons. The lowest BCUT2D eigenvalue weighted by Crippen LogP contribution is -2.20. The molecular formula is C20H31N3. The number of allylic oxidation sites excluding steroid dienone is 2. The molecule has 1 aromatic carbocycles. The minimum absolute atomic E-state index is 0.495. The van der Waals surface area contributed by atoms with Crippen LogP contribution in [0.25, 0.3) is 0 Å². The topological polar surface area (TPSA) is 27.6 Å². The third kappa shape index (κ3) is 4.37. The predicted octanol–water partition coefficient (Wildman–Crippen LogP) is 5.33. The van der Waals surface area contributed by atoms with E-state index in [4.69, 9.17) is 0 Å². The summed E-state index contributed by atoms with van der Waals surface area (Å²) in [6, 6.07) is 6.66. The van der Waals surface area contributed by atoms with Gasteiger partial charge in [-0.3, -0.25) is 0 Å². The highest BCUT2D eigenvalue weighted by atomic mass is 15.4. The van der Waals surface area contributed by atoms with E-state index < -0.39 is 0 Å². The number of hydrogen-bond donors (Lipinski definition) is 1. The molecule has 0 fully saturated rings. The number of nitrogens with one attached hydrogen (secondary N) is 1. The predicted molar refractivity (Wildman–Crippen MR) is 101 cm³/mol. The molecule has 0 saturated carbocycles. The summed E-state index contributed by atoms with van der Waals surface area (Å²) in [6.07, 6.45) is 5.64. The molecule has 1 aliphatic rings. The SMILES string of the molecule is CC(C)c1cccc(C(C)C)c1NC1=CCCCC1=NN(C)C. The van der Waals surface area contributed by atoms with Gasteiger partial charge in [-0.25, -0.2) is 0 Å². The smallest absolute Gasteiger partial charge is 0.0836 e. The first-order valence-corrected chi connectivity index (χ1v) is 8.75. The van der Waals surface area contributed by atoms with Gasteiger partial charge in [0.25, 0.3) is 0 Å². The summed E-state index contributed by atoms with van der Waals surface area (Å²) in [5.41, 5.74) is 6.38. The van der Waals surface area contributed by atoms with Crippen molar-refractivity contribution < 1.29 is 0 Å². The quantitative estimate of drug-likeness (QED) is 0.744. The number of para-hydroxylation sites is 1. The number of anilines is 1. The van der Waals surface area contributed by atoms with Crippen LogP contribution in [0.15, 0.2) is 35.1 Å². The third-order valence-electron chi connectivity index (χ3n) is 4.23. The van der Waals surface area contributed by atoms with Crippen LogP contribution in [-0.4, -0.2) is 24.8 Å². The molecule has 0 amide bonds. The summed E-state index contributed by atoms with van der Waals surface area (Å²) in [6.45, 7) is 9.03. The van der Waals surface area contributed by atoms with Gasteiger partial charge in [-0.15, -0.1) is 0 Å². The Morgan fingerprint density at radius 3 is 2.17 bits per heavy atom. The van der Waals surface area contributed by atoms with Gasteiger partial charge in [0.15, 0.2) is 0 Å². The van der Waals surface area contributed by atoms with Crippen molar-refractivity contribution in [2.45, 2.75) is 58.8 Å². The molecule has 1 aromatic rings. The molecule has 0 heterocycles. The van der Waals surface area contributed by atoms with Crippen LogP contribution in [0.3, 0.4) is 0 Å². The van der Waals surface area contributed by atoms with Gasteiger partial charge in [0.05, 0.1) is 11.4 Å². The molecule has 3 nitrogen and oxygen atoms in total. The highest BCUT2D eigenvalue weighted by Gasteiger charge is 2.18. The molecule has 0 bridgehead atoms. The third-order valence-corrected chi connectivity index (χ3v) is 4.23. The van der Waals surface area contributed by atoms with Gasteiger partial charge in [0.2, 0.25) is 0 Å². The molecule has 0 saturated heterocycles. The maximum Gasteiger partial charge on any atom is 0.0836 e. The van der Waals surface area contributed by atoms with Crippen molar-refractivity contribution in [1.82, 2.24) is 5.01 Å². The molecule has 0 radical (unpaired) electrons. The number of hydrazone groups is 1. The second kappa shape index (κ2) is 7.67. The van der Waals surface area contributed by atoms with Crippen LogP contribution < -0.4 is 5.32 Å². The van der Waals surface area contributed by atoms with Crippen molar-refractivity contribution in [3.8, 4) is 0 Å². The Labute approximate surface area is 141 Å². The summed E-state index contributed by atoms with van der Waals surface area (Å²) in [5, 5.41) is 10.3. The van der Waals surface area contributed by atoms with Crippen LogP contribution in [0.1, 0.15) is 69.9 Å². The summed E-state index contributed by atoms with van der Waals surface area (Å²) in [5.74, 6) is 0.990. The van der Waals surface area contributed by atoms with Crippen molar-refractivity contribution in [2.75, 3.05) is 19.4 Å². The van der Waals surface area contributed by atoms with E-state index in [2.05, 4.69) is 62.4 Å². The standard InChI is InChI=1S/C20H31N3/c1-14(2)16-10-9-11-17(15(3)4)20(16)21-18-12-7-8-13-19(18)22-23(5)6/h9-12,14-15,21H,7-8,13H2,1-6H3. The minimum atomic E-state index is 0.495. The average molecular weight is 313 g/mol. The van der Waals surface area contributed by atoms with Gasteiger partial charge in [0, 0.05) is 19.8 Å². The summed E-state index contributed by atoms with van der Waals surface area (Å²) in [7, 11) is 3.97. The average Bonchev–Trinajstić information content (AvgIpc) is 2.48. The minimum Gasteiger partial charge on any atom is -0.354 e. The van der Waals surface area contributed by atoms with E-state index in [0.29, 0.717) is 11.8 Å². The molecule has 1 N–H and O–H groups in total. The largest absolute Gasteiger partial charge is 0.354 e. The Balaban J connectivity index is 2.43. The van der Waals surface area contributed by atoms with Crippen LogP contribution in [0.4, 0.5) is 5.69 Å². The van der Waals surface area contributed by atoms with Gasteiger partial charge in [-0.05, 0) is 42.2 Å². The number of benzene rings is 1. The number of hydrogen-bond acceptors (Lipinski definition) is 3. The molecule has 3 heteroatoms. The normalized spacial score (nSPS) is 16.9. The van der Waals surface area contributed by atoms with E-state index >= 15 is 0 Å². The van der Waals surface area contributed by atoms with Crippen molar-refractivity contribution in [2.24, 2.45) is 5.10 Å². The maximum atomic E-state index is 4.68. The molecule has 1 aliphatic carbocycles. The Kier molecular flexibility index (Phi) is 5.86. The summed E-state index contributed by atoms with van der Waals surface area (Å²) in [4.78, 5) is 0. The van der Waals surface area contributed by atoms with E-state index in [0.717, 1.165) is 18.6 Å². The Hall–Kier alpha value is -1.77. The second-order valence-electron chi connectivity index (χ2n) is 7.15. The van der Waals surface area contributed by atoms with E-state index in [1.165, 1.54) is 28.9 Å². The van der Waals surface area contributed by atoms with Crippen LogP contribution >= 0.6 is 0 Å². The molecule has 0 spiro atoms. The van der Waals surface area contributed by atoms with E-state index in [1.807, 2.05) is 19.1 Å². The number of rotatable bonds is 5. The summed E-state index contributed by atoms with van der Waals surface area (Å²) >= 11 is 0. The first kappa shape index (κ1) is 17.6. The molecule has 0 aliphatic heterocycles. The zero-order valence-corrected chi connectivity index (χ0v) is 15.5. The van der Waals surface area contributed by atoms with E-state index in [9.17, 15) is 0 Å². The van der Waals surface area contributed by atoms with Crippen molar-refractivity contribution in [3.63, 3.8) is 0 Å². The van der Waals surface area contributed by atoms with Gasteiger partial charge < -0.3 is 10.3 Å². The fraction of sp³-hybridized carbons (Fsp3) is 0.550. The molecule has 0 unspecified atom stereocenters. The van der Waals surface area contributed by atoms with Gasteiger partial charge >= 0.3 is 0 Å². The highest BCUT2D eigenvalue weighted by molar-refractivity contribution is 6.03.